The highest BCUT2D eigenvalue weighted by molar-refractivity contribution is 6.29. The fourth-order valence-electron chi connectivity index (χ4n) is 6.35. The first kappa shape index (κ1) is 33.4. The summed E-state index contributed by atoms with van der Waals surface area (Å²) in [6.07, 6.45) is 0.716. The Hall–Kier alpha value is -4.48. The van der Waals surface area contributed by atoms with Gasteiger partial charge in [0.25, 0.3) is 5.56 Å². The summed E-state index contributed by atoms with van der Waals surface area (Å²) < 4.78 is 28.1. The number of aryl methyl sites for hydroxylation is 2. The first-order chi connectivity index (χ1) is 22.7. The number of ether oxygens (including phenoxy) is 2. The summed E-state index contributed by atoms with van der Waals surface area (Å²) in [4.78, 5) is 40.7. The zero-order valence-corrected chi connectivity index (χ0v) is 29.0. The Bertz CT molecular complexity index is 2060. The molecule has 1 unspecified atom stereocenters. The predicted octanol–water partition coefficient (Wildman–Crippen LogP) is 6.43. The third-order valence-electron chi connectivity index (χ3n) is 8.65. The molecule has 1 atom stereocenters. The van der Waals surface area contributed by atoms with E-state index in [-0.39, 0.29) is 17.3 Å². The van der Waals surface area contributed by atoms with Crippen molar-refractivity contribution >= 4 is 39.8 Å². The lowest BCUT2D eigenvalue weighted by Gasteiger charge is -2.37. The van der Waals surface area contributed by atoms with Crippen LogP contribution in [0.4, 0.5) is 10.1 Å². The number of pyridine rings is 1. The molecule has 6 rings (SSSR count). The molecule has 0 bridgehead atoms. The van der Waals surface area contributed by atoms with Crippen molar-refractivity contribution in [2.24, 2.45) is 7.05 Å². The molecular weight excluding hydrogens is 635 g/mol. The third kappa shape index (κ3) is 6.49. The van der Waals surface area contributed by atoms with Crippen LogP contribution in [-0.4, -0.2) is 61.8 Å². The molecule has 1 fully saturated rings. The Labute approximate surface area is 283 Å². The van der Waals surface area contributed by atoms with E-state index in [9.17, 15) is 14.0 Å². The standard InChI is InChI=1S/C36H40ClFN6O4/c1-21-14-26(32-27(15-21)34(45)41(6)33-31(39-20-44(32)33)35(46)48-36(3,4)5)22(2)43(16-23-8-10-25(47-7)11-9-23)29-12-13-30(37)40-28(29)19-42-17-24(38)18-42/h8-15,20,22,24H,16-19H2,1-7H3. The van der Waals surface area contributed by atoms with Gasteiger partial charge < -0.3 is 14.4 Å². The number of aromatic nitrogens is 4. The fourth-order valence-corrected chi connectivity index (χ4v) is 6.51. The van der Waals surface area contributed by atoms with Crippen LogP contribution < -0.4 is 15.2 Å². The van der Waals surface area contributed by atoms with Crippen LogP contribution in [0.2, 0.25) is 5.15 Å². The molecule has 4 heterocycles. The lowest BCUT2D eigenvalue weighted by Crippen LogP contribution is -2.47. The normalized spacial score (nSPS) is 14.7. The summed E-state index contributed by atoms with van der Waals surface area (Å²) in [5.74, 6) is 0.134. The van der Waals surface area contributed by atoms with Crippen LogP contribution in [-0.2, 0) is 24.9 Å². The van der Waals surface area contributed by atoms with Gasteiger partial charge in [-0.05, 0) is 81.6 Å². The summed E-state index contributed by atoms with van der Waals surface area (Å²) in [5.41, 5.74) is 4.37. The Kier molecular flexibility index (Phi) is 8.95. The molecule has 0 amide bonds. The second-order valence-electron chi connectivity index (χ2n) is 13.4. The zero-order valence-electron chi connectivity index (χ0n) is 28.3. The molecule has 12 heteroatoms. The van der Waals surface area contributed by atoms with Crippen LogP contribution in [0.5, 0.6) is 5.75 Å². The van der Waals surface area contributed by atoms with Crippen molar-refractivity contribution in [3.05, 3.63) is 98.4 Å². The number of rotatable bonds is 9. The summed E-state index contributed by atoms with van der Waals surface area (Å²) in [7, 11) is 3.27. The van der Waals surface area contributed by atoms with E-state index >= 15 is 0 Å². The molecule has 252 valence electrons. The summed E-state index contributed by atoms with van der Waals surface area (Å²) in [6, 6.07) is 15.2. The van der Waals surface area contributed by atoms with Crippen molar-refractivity contribution in [2.45, 2.75) is 65.5 Å². The van der Waals surface area contributed by atoms with E-state index in [1.54, 1.807) is 51.7 Å². The van der Waals surface area contributed by atoms with Gasteiger partial charge in [0.15, 0.2) is 11.3 Å². The van der Waals surface area contributed by atoms with E-state index in [2.05, 4.69) is 22.9 Å². The highest BCUT2D eigenvalue weighted by atomic mass is 35.5. The molecule has 0 N–H and O–H groups in total. The summed E-state index contributed by atoms with van der Waals surface area (Å²) in [5, 5.41) is 0.843. The third-order valence-corrected chi connectivity index (χ3v) is 8.86. The van der Waals surface area contributed by atoms with E-state index in [1.165, 1.54) is 4.57 Å². The van der Waals surface area contributed by atoms with Crippen molar-refractivity contribution in [3.63, 3.8) is 0 Å². The van der Waals surface area contributed by atoms with Gasteiger partial charge in [-0.2, -0.15) is 0 Å². The number of halogens is 2. The molecule has 1 saturated heterocycles. The summed E-state index contributed by atoms with van der Waals surface area (Å²) >= 11 is 6.43. The molecule has 3 aromatic heterocycles. The molecule has 2 aromatic carbocycles. The topological polar surface area (TPSA) is 94.2 Å². The Balaban J connectivity index is 1.55. The highest BCUT2D eigenvalue weighted by Gasteiger charge is 2.31. The van der Waals surface area contributed by atoms with Gasteiger partial charge in [-0.25, -0.2) is 19.2 Å². The quantitative estimate of drug-likeness (QED) is 0.131. The number of esters is 1. The maximum atomic E-state index is 14.0. The summed E-state index contributed by atoms with van der Waals surface area (Å²) in [6.45, 7) is 11.0. The number of imidazole rings is 1. The number of carbonyl (C=O) groups is 1. The van der Waals surface area contributed by atoms with Gasteiger partial charge in [0.05, 0.1) is 35.4 Å². The van der Waals surface area contributed by atoms with Gasteiger partial charge in [-0.15, -0.1) is 0 Å². The first-order valence-electron chi connectivity index (χ1n) is 15.9. The number of fused-ring (bicyclic) bond motifs is 3. The van der Waals surface area contributed by atoms with Gasteiger partial charge >= 0.3 is 5.97 Å². The Morgan fingerprint density at radius 2 is 1.85 bits per heavy atom. The smallest absolute Gasteiger partial charge is 0.361 e. The zero-order chi connectivity index (χ0) is 34.5. The number of nitrogens with zero attached hydrogens (tertiary/aromatic N) is 6. The van der Waals surface area contributed by atoms with Gasteiger partial charge in [-0.1, -0.05) is 29.8 Å². The highest BCUT2D eigenvalue weighted by Crippen LogP contribution is 2.37. The lowest BCUT2D eigenvalue weighted by molar-refractivity contribution is 0.00652. The molecule has 48 heavy (non-hydrogen) atoms. The van der Waals surface area contributed by atoms with Crippen molar-refractivity contribution < 1.29 is 18.7 Å². The SMILES string of the molecule is COc1ccc(CN(c2ccc(Cl)nc2CN2CC(F)C2)C(C)c2cc(C)cc3c(=O)n(C)c4c(C(=O)OC(C)(C)C)ncn4c23)cc1. The molecular formula is C36H40ClFN6O4. The van der Waals surface area contributed by atoms with E-state index in [0.717, 1.165) is 33.8 Å². The monoisotopic (exact) mass is 674 g/mol. The fraction of sp³-hybridized carbons (Fsp3) is 0.389. The van der Waals surface area contributed by atoms with E-state index in [4.69, 9.17) is 26.1 Å². The maximum Gasteiger partial charge on any atom is 0.361 e. The molecule has 5 aromatic rings. The number of methoxy groups -OCH3 is 1. The lowest BCUT2D eigenvalue weighted by atomic mass is 9.98. The van der Waals surface area contributed by atoms with E-state index in [1.807, 2.05) is 48.2 Å². The van der Waals surface area contributed by atoms with E-state index < -0.39 is 17.7 Å². The van der Waals surface area contributed by atoms with Crippen molar-refractivity contribution in [1.29, 1.82) is 0 Å². The van der Waals surface area contributed by atoms with Crippen LogP contribution in [0.1, 0.15) is 66.6 Å². The Morgan fingerprint density at radius 3 is 2.50 bits per heavy atom. The second-order valence-corrected chi connectivity index (χ2v) is 13.8. The van der Waals surface area contributed by atoms with Gasteiger partial charge in [0.2, 0.25) is 0 Å². The number of carbonyl (C=O) groups excluding carboxylic acids is 1. The number of alkyl halides is 1. The van der Waals surface area contributed by atoms with E-state index in [0.29, 0.717) is 47.9 Å². The maximum absolute atomic E-state index is 14.0. The predicted molar refractivity (Wildman–Crippen MR) is 185 cm³/mol. The first-order valence-corrected chi connectivity index (χ1v) is 16.3. The molecule has 10 nitrogen and oxygen atoms in total. The van der Waals surface area contributed by atoms with Gasteiger partial charge in [0.1, 0.15) is 29.0 Å². The van der Waals surface area contributed by atoms with Crippen LogP contribution >= 0.6 is 11.6 Å². The average molecular weight is 675 g/mol. The minimum Gasteiger partial charge on any atom is -0.497 e. The molecule has 0 aliphatic carbocycles. The minimum atomic E-state index is -0.855. The number of hydrogen-bond acceptors (Lipinski definition) is 8. The number of likely N-dealkylation sites (tertiary alicyclic amines) is 1. The van der Waals surface area contributed by atoms with Crippen LogP contribution in [0.15, 0.2) is 59.7 Å². The average Bonchev–Trinajstić information content (AvgIpc) is 3.46. The number of benzene rings is 2. The molecule has 0 radical (unpaired) electrons. The van der Waals surface area contributed by atoms with Crippen molar-refractivity contribution in [2.75, 3.05) is 25.1 Å². The largest absolute Gasteiger partial charge is 0.497 e. The molecule has 0 saturated carbocycles. The number of hydrogen-bond donors (Lipinski definition) is 0. The molecule has 1 aliphatic rings. The second kappa shape index (κ2) is 12.9. The molecule has 1 aliphatic heterocycles. The minimum absolute atomic E-state index is 0.0607. The molecule has 0 spiro atoms. The van der Waals surface area contributed by atoms with Crippen LogP contribution in [0.25, 0.3) is 16.6 Å². The van der Waals surface area contributed by atoms with Gasteiger partial charge in [0, 0.05) is 33.2 Å². The van der Waals surface area contributed by atoms with Gasteiger partial charge in [-0.3, -0.25) is 18.7 Å². The van der Waals surface area contributed by atoms with Crippen molar-refractivity contribution in [3.8, 4) is 5.75 Å². The van der Waals surface area contributed by atoms with Crippen LogP contribution in [0, 0.1) is 6.92 Å². The number of anilines is 1. The Morgan fingerprint density at radius 1 is 1.15 bits per heavy atom. The van der Waals surface area contributed by atoms with Crippen LogP contribution in [0.3, 0.4) is 0 Å². The van der Waals surface area contributed by atoms with Crippen molar-refractivity contribution in [1.82, 2.24) is 23.8 Å².